The highest BCUT2D eigenvalue weighted by atomic mass is 32.2. The lowest BCUT2D eigenvalue weighted by atomic mass is 10.0. The van der Waals surface area contributed by atoms with Crippen molar-refractivity contribution in [3.05, 3.63) is 42.5 Å². The number of rotatable bonds is 8. The number of benzene rings is 1. The van der Waals surface area contributed by atoms with Crippen LogP contribution in [0, 0.1) is 0 Å². The van der Waals surface area contributed by atoms with Crippen LogP contribution in [0.2, 0.25) is 0 Å². The van der Waals surface area contributed by atoms with Gasteiger partial charge < -0.3 is 5.11 Å². The van der Waals surface area contributed by atoms with Crippen LogP contribution in [0.15, 0.2) is 52.4 Å². The van der Waals surface area contributed by atoms with Gasteiger partial charge in [0.15, 0.2) is 0 Å². The van der Waals surface area contributed by atoms with E-state index in [4.69, 9.17) is 10.1 Å². The summed E-state index contributed by atoms with van der Waals surface area (Å²) in [5, 5.41) is 10.5. The van der Waals surface area contributed by atoms with Crippen LogP contribution >= 0.6 is 23.5 Å². The van der Waals surface area contributed by atoms with Crippen LogP contribution in [0.3, 0.4) is 0 Å². The van der Waals surface area contributed by atoms with Crippen LogP contribution in [0.1, 0.15) is 32.1 Å². The number of carboxylic acid groups (broad SMARTS) is 1. The van der Waals surface area contributed by atoms with E-state index < -0.39 is 5.97 Å². The molecule has 1 aromatic heterocycles. The molecule has 0 bridgehead atoms. The van der Waals surface area contributed by atoms with Gasteiger partial charge in [0, 0.05) is 22.1 Å². The Bertz CT molecular complexity index is 684. The monoisotopic (exact) mass is 359 g/mol. The molecule has 24 heavy (non-hydrogen) atoms. The molecule has 1 fully saturated rings. The minimum atomic E-state index is -0.725. The van der Waals surface area contributed by atoms with E-state index in [0.717, 1.165) is 27.3 Å². The lowest BCUT2D eigenvalue weighted by molar-refractivity contribution is -0.137. The van der Waals surface area contributed by atoms with Crippen molar-refractivity contribution in [3.8, 4) is 11.3 Å². The quantitative estimate of drug-likeness (QED) is 0.508. The average Bonchev–Trinajstić information content (AvgIpc) is 2.56. The molecule has 2 aromatic rings. The largest absolute Gasteiger partial charge is 0.481 e. The van der Waals surface area contributed by atoms with E-state index in [1.807, 2.05) is 11.8 Å². The second kappa shape index (κ2) is 8.58. The van der Waals surface area contributed by atoms with Crippen molar-refractivity contribution in [1.29, 1.82) is 0 Å². The van der Waals surface area contributed by atoms with Gasteiger partial charge in [0.25, 0.3) is 0 Å². The third kappa shape index (κ3) is 5.02. The minimum Gasteiger partial charge on any atom is -0.481 e. The number of carboxylic acids is 1. The van der Waals surface area contributed by atoms with Gasteiger partial charge in [0.1, 0.15) is 0 Å². The summed E-state index contributed by atoms with van der Waals surface area (Å²) in [6, 6.07) is 14.6. The molecule has 1 aliphatic rings. The molecule has 3 nitrogen and oxygen atoms in total. The topological polar surface area (TPSA) is 50.2 Å². The van der Waals surface area contributed by atoms with Crippen LogP contribution in [-0.2, 0) is 4.79 Å². The molecule has 1 N–H and O–H groups in total. The number of carbonyl (C=O) groups is 1. The van der Waals surface area contributed by atoms with Gasteiger partial charge in [-0.1, -0.05) is 24.6 Å². The molecule has 3 rings (SSSR count). The fourth-order valence-electron chi connectivity index (χ4n) is 2.44. The molecule has 1 saturated carbocycles. The Morgan fingerprint density at radius 1 is 1.17 bits per heavy atom. The summed E-state index contributed by atoms with van der Waals surface area (Å²) in [5.74, 6) is 0.105. The number of thioether (sulfide) groups is 2. The van der Waals surface area contributed by atoms with E-state index in [-0.39, 0.29) is 6.42 Å². The first-order valence-electron chi connectivity index (χ1n) is 8.29. The highest BCUT2D eigenvalue weighted by Crippen LogP contribution is 2.36. The third-order valence-corrected chi connectivity index (χ3v) is 6.39. The highest BCUT2D eigenvalue weighted by Gasteiger charge is 2.19. The van der Waals surface area contributed by atoms with Crippen molar-refractivity contribution < 1.29 is 9.90 Å². The van der Waals surface area contributed by atoms with Gasteiger partial charge in [-0.25, -0.2) is 4.98 Å². The van der Waals surface area contributed by atoms with E-state index in [1.54, 1.807) is 11.8 Å². The number of aliphatic carboxylic acids is 1. The molecule has 0 amide bonds. The molecule has 5 heteroatoms. The second-order valence-electron chi connectivity index (χ2n) is 5.90. The van der Waals surface area contributed by atoms with Crippen molar-refractivity contribution in [3.63, 3.8) is 0 Å². The maximum atomic E-state index is 10.5. The summed E-state index contributed by atoms with van der Waals surface area (Å²) < 4.78 is 0. The predicted molar refractivity (Wildman–Crippen MR) is 101 cm³/mol. The maximum absolute atomic E-state index is 10.5. The van der Waals surface area contributed by atoms with Crippen LogP contribution in [0.5, 0.6) is 0 Å². The SMILES string of the molecule is O=C(O)CCCSc1ccc(-c2cccc(SC3CCC3)n2)cc1. The third-order valence-electron chi connectivity index (χ3n) is 4.02. The van der Waals surface area contributed by atoms with E-state index in [2.05, 4.69) is 42.5 Å². The Kier molecular flexibility index (Phi) is 6.21. The van der Waals surface area contributed by atoms with Crippen LogP contribution in [-0.4, -0.2) is 27.1 Å². The fourth-order valence-corrected chi connectivity index (χ4v) is 4.51. The van der Waals surface area contributed by atoms with E-state index in [1.165, 1.54) is 24.2 Å². The summed E-state index contributed by atoms with van der Waals surface area (Å²) in [6.45, 7) is 0. The van der Waals surface area contributed by atoms with Crippen LogP contribution in [0.25, 0.3) is 11.3 Å². The molecule has 0 aliphatic heterocycles. The van der Waals surface area contributed by atoms with Gasteiger partial charge in [0.2, 0.25) is 0 Å². The number of pyridine rings is 1. The fraction of sp³-hybridized carbons (Fsp3) is 0.368. The Morgan fingerprint density at radius 3 is 2.62 bits per heavy atom. The van der Waals surface area contributed by atoms with Gasteiger partial charge in [-0.2, -0.15) is 0 Å². The van der Waals surface area contributed by atoms with Gasteiger partial charge in [-0.15, -0.1) is 23.5 Å². The Morgan fingerprint density at radius 2 is 1.96 bits per heavy atom. The van der Waals surface area contributed by atoms with E-state index >= 15 is 0 Å². The Labute approximate surface area is 151 Å². The van der Waals surface area contributed by atoms with Crippen LogP contribution in [0.4, 0.5) is 0 Å². The molecule has 0 spiro atoms. The normalized spacial score (nSPS) is 14.3. The molecule has 1 aliphatic carbocycles. The van der Waals surface area contributed by atoms with Crippen LogP contribution < -0.4 is 0 Å². The van der Waals surface area contributed by atoms with Crippen molar-refractivity contribution in [1.82, 2.24) is 4.98 Å². The molecule has 0 radical (unpaired) electrons. The summed E-state index contributed by atoms with van der Waals surface area (Å²) in [4.78, 5) is 16.5. The van der Waals surface area contributed by atoms with Crippen molar-refractivity contribution in [2.45, 2.75) is 47.3 Å². The zero-order valence-electron chi connectivity index (χ0n) is 13.5. The summed E-state index contributed by atoms with van der Waals surface area (Å²) in [7, 11) is 0. The molecule has 0 unspecified atom stereocenters. The predicted octanol–water partition coefficient (Wildman–Crippen LogP) is 5.35. The first-order valence-corrected chi connectivity index (χ1v) is 10.2. The van der Waals surface area contributed by atoms with E-state index in [0.29, 0.717) is 6.42 Å². The summed E-state index contributed by atoms with van der Waals surface area (Å²) in [6.07, 6.45) is 4.90. The minimum absolute atomic E-state index is 0.237. The number of nitrogens with zero attached hydrogens (tertiary/aromatic N) is 1. The van der Waals surface area contributed by atoms with Gasteiger partial charge >= 0.3 is 5.97 Å². The molecular formula is C19H21NO2S2. The van der Waals surface area contributed by atoms with Gasteiger partial charge in [-0.3, -0.25) is 4.79 Å². The highest BCUT2D eigenvalue weighted by molar-refractivity contribution is 8.00. The number of hydrogen-bond donors (Lipinski definition) is 1. The molecule has 1 heterocycles. The van der Waals surface area contributed by atoms with E-state index in [9.17, 15) is 4.79 Å². The molecule has 0 saturated heterocycles. The summed E-state index contributed by atoms with van der Waals surface area (Å²) in [5.41, 5.74) is 2.14. The molecule has 126 valence electrons. The standard InChI is InChI=1S/C19H21NO2S2/c21-19(22)8-3-13-23-15-11-9-14(10-12-15)17-6-2-7-18(20-17)24-16-4-1-5-16/h2,6-7,9-12,16H,1,3-5,8,13H2,(H,21,22). The zero-order valence-corrected chi connectivity index (χ0v) is 15.1. The van der Waals surface area contributed by atoms with Gasteiger partial charge in [-0.05, 0) is 49.3 Å². The first kappa shape index (κ1) is 17.4. The smallest absolute Gasteiger partial charge is 0.303 e. The number of aromatic nitrogens is 1. The second-order valence-corrected chi connectivity index (χ2v) is 8.39. The van der Waals surface area contributed by atoms with Crippen molar-refractivity contribution in [2.75, 3.05) is 5.75 Å². The van der Waals surface area contributed by atoms with Crippen molar-refractivity contribution >= 4 is 29.5 Å². The first-order chi connectivity index (χ1) is 11.7. The van der Waals surface area contributed by atoms with Gasteiger partial charge in [0.05, 0.1) is 10.7 Å². The Balaban J connectivity index is 1.58. The average molecular weight is 360 g/mol. The molecule has 0 atom stereocenters. The summed E-state index contributed by atoms with van der Waals surface area (Å²) >= 11 is 3.60. The number of hydrogen-bond acceptors (Lipinski definition) is 4. The lowest BCUT2D eigenvalue weighted by Gasteiger charge is -2.24. The maximum Gasteiger partial charge on any atom is 0.303 e. The zero-order chi connectivity index (χ0) is 16.8. The molecular weight excluding hydrogens is 338 g/mol. The lowest BCUT2D eigenvalue weighted by Crippen LogP contribution is -2.12. The Hall–Kier alpha value is -1.46. The van der Waals surface area contributed by atoms with Crippen molar-refractivity contribution in [2.24, 2.45) is 0 Å². The molecule has 1 aromatic carbocycles.